The summed E-state index contributed by atoms with van der Waals surface area (Å²) in [6.45, 7) is 3.65. The fraction of sp³-hybridized carbons (Fsp3) is 1.00. The highest BCUT2D eigenvalue weighted by molar-refractivity contribution is 4.67. The topological polar surface area (TPSA) is 9.23 Å². The van der Waals surface area contributed by atoms with Crippen molar-refractivity contribution in [2.24, 2.45) is 5.92 Å². The second kappa shape index (κ2) is 16.8. The molecule has 0 aromatic carbocycles. The molecule has 0 saturated heterocycles. The molecule has 26 heavy (non-hydrogen) atoms. The number of alkyl halides is 4. The lowest BCUT2D eigenvalue weighted by molar-refractivity contribution is -0.180. The van der Waals surface area contributed by atoms with Gasteiger partial charge in [-0.2, -0.15) is 13.2 Å². The highest BCUT2D eigenvalue weighted by Gasteiger charge is 2.38. The zero-order valence-electron chi connectivity index (χ0n) is 16.9. The maximum Gasteiger partial charge on any atom is 0.394 e. The van der Waals surface area contributed by atoms with Crippen LogP contribution in [0.2, 0.25) is 0 Å². The third kappa shape index (κ3) is 14.8. The van der Waals surface area contributed by atoms with E-state index in [0.29, 0.717) is 13.0 Å². The third-order valence-electron chi connectivity index (χ3n) is 5.01. The molecule has 0 rings (SSSR count). The van der Waals surface area contributed by atoms with Crippen LogP contribution in [0.25, 0.3) is 0 Å². The van der Waals surface area contributed by atoms with E-state index in [0.717, 1.165) is 32.1 Å². The summed E-state index contributed by atoms with van der Waals surface area (Å²) in [7, 11) is 0. The SMILES string of the molecule is CCCCCCCCCC(CCCCCCC(CF)C(F)(F)F)OCC. The third-order valence-corrected chi connectivity index (χ3v) is 5.01. The number of hydrogen-bond donors (Lipinski definition) is 0. The Morgan fingerprint density at radius 2 is 1.15 bits per heavy atom. The van der Waals surface area contributed by atoms with Gasteiger partial charge in [-0.05, 0) is 26.2 Å². The van der Waals surface area contributed by atoms with E-state index >= 15 is 0 Å². The molecule has 2 atom stereocenters. The van der Waals surface area contributed by atoms with Gasteiger partial charge in [0.15, 0.2) is 0 Å². The van der Waals surface area contributed by atoms with Crippen LogP contribution in [0.4, 0.5) is 17.6 Å². The van der Waals surface area contributed by atoms with E-state index in [2.05, 4.69) is 6.92 Å². The molecule has 0 heterocycles. The Morgan fingerprint density at radius 3 is 1.58 bits per heavy atom. The minimum Gasteiger partial charge on any atom is -0.379 e. The van der Waals surface area contributed by atoms with Crippen LogP contribution >= 0.6 is 0 Å². The quantitative estimate of drug-likeness (QED) is 0.172. The Balaban J connectivity index is 3.70. The van der Waals surface area contributed by atoms with Gasteiger partial charge in [-0.25, -0.2) is 0 Å². The molecule has 0 aliphatic carbocycles. The predicted octanol–water partition coefficient (Wildman–Crippen LogP) is 8.02. The van der Waals surface area contributed by atoms with Crippen molar-refractivity contribution in [1.82, 2.24) is 0 Å². The van der Waals surface area contributed by atoms with E-state index in [1.165, 1.54) is 44.9 Å². The van der Waals surface area contributed by atoms with Gasteiger partial charge in [0, 0.05) is 6.61 Å². The van der Waals surface area contributed by atoms with Crippen molar-refractivity contribution in [1.29, 1.82) is 0 Å². The van der Waals surface area contributed by atoms with Crippen molar-refractivity contribution in [2.45, 2.75) is 116 Å². The Morgan fingerprint density at radius 1 is 0.692 bits per heavy atom. The van der Waals surface area contributed by atoms with Gasteiger partial charge < -0.3 is 4.74 Å². The fourth-order valence-electron chi connectivity index (χ4n) is 3.32. The molecule has 0 aromatic heterocycles. The molecule has 2 unspecified atom stereocenters. The van der Waals surface area contributed by atoms with E-state index in [1.807, 2.05) is 6.92 Å². The van der Waals surface area contributed by atoms with Crippen molar-refractivity contribution in [3.63, 3.8) is 0 Å². The van der Waals surface area contributed by atoms with Crippen LogP contribution in [-0.2, 0) is 4.74 Å². The summed E-state index contributed by atoms with van der Waals surface area (Å²) in [5, 5.41) is 0. The Hall–Kier alpha value is -0.320. The van der Waals surface area contributed by atoms with Crippen LogP contribution in [-0.4, -0.2) is 25.6 Å². The molecular formula is C21H40F4O. The van der Waals surface area contributed by atoms with Crippen LogP contribution in [0, 0.1) is 5.92 Å². The molecule has 0 N–H and O–H groups in total. The fourth-order valence-corrected chi connectivity index (χ4v) is 3.32. The molecule has 0 amide bonds. The standard InChI is InChI=1S/C21H40F4O/c1-3-5-6-7-8-9-13-16-20(26-4-2)17-14-11-10-12-15-19(18-22)21(23,24)25/h19-20H,3-18H2,1-2H3. The molecule has 0 bridgehead atoms. The van der Waals surface area contributed by atoms with Gasteiger partial charge >= 0.3 is 6.18 Å². The summed E-state index contributed by atoms with van der Waals surface area (Å²) in [5.41, 5.74) is 0. The molecule has 0 fully saturated rings. The zero-order valence-corrected chi connectivity index (χ0v) is 16.9. The molecule has 0 radical (unpaired) electrons. The molecule has 0 aliphatic rings. The summed E-state index contributed by atoms with van der Waals surface area (Å²) in [6.07, 6.45) is 9.95. The maximum absolute atomic E-state index is 12.5. The second-order valence-corrected chi connectivity index (χ2v) is 7.37. The summed E-state index contributed by atoms with van der Waals surface area (Å²) < 4.78 is 55.6. The van der Waals surface area contributed by atoms with E-state index in [-0.39, 0.29) is 12.5 Å². The lowest BCUT2D eigenvalue weighted by atomic mass is 9.99. The van der Waals surface area contributed by atoms with Crippen LogP contribution in [0.5, 0.6) is 0 Å². The van der Waals surface area contributed by atoms with Gasteiger partial charge in [0.25, 0.3) is 0 Å². The van der Waals surface area contributed by atoms with Gasteiger partial charge in [-0.1, -0.05) is 77.6 Å². The first kappa shape index (κ1) is 25.7. The maximum atomic E-state index is 12.5. The van der Waals surface area contributed by atoms with E-state index in [4.69, 9.17) is 4.74 Å². The highest BCUT2D eigenvalue weighted by atomic mass is 19.4. The molecule has 1 nitrogen and oxygen atoms in total. The average Bonchev–Trinajstić information content (AvgIpc) is 2.59. The largest absolute Gasteiger partial charge is 0.394 e. The first-order valence-corrected chi connectivity index (χ1v) is 10.7. The number of hydrogen-bond acceptors (Lipinski definition) is 1. The molecule has 0 aromatic rings. The van der Waals surface area contributed by atoms with Crippen LogP contribution in [0.3, 0.4) is 0 Å². The molecule has 0 spiro atoms. The first-order valence-electron chi connectivity index (χ1n) is 10.7. The molecule has 0 saturated carbocycles. The number of halogens is 4. The van der Waals surface area contributed by atoms with Crippen molar-refractivity contribution in [2.75, 3.05) is 13.3 Å². The van der Waals surface area contributed by atoms with Gasteiger partial charge in [-0.3, -0.25) is 4.39 Å². The van der Waals surface area contributed by atoms with E-state index in [1.54, 1.807) is 0 Å². The minimum absolute atomic E-state index is 0.0904. The van der Waals surface area contributed by atoms with Crippen molar-refractivity contribution in [3.05, 3.63) is 0 Å². The van der Waals surface area contributed by atoms with Gasteiger partial charge in [-0.15, -0.1) is 0 Å². The minimum atomic E-state index is -4.40. The monoisotopic (exact) mass is 384 g/mol. The van der Waals surface area contributed by atoms with Crippen molar-refractivity contribution < 1.29 is 22.3 Å². The van der Waals surface area contributed by atoms with Gasteiger partial charge in [0.05, 0.1) is 12.0 Å². The first-order chi connectivity index (χ1) is 12.5. The molecule has 5 heteroatoms. The van der Waals surface area contributed by atoms with Crippen LogP contribution in [0.15, 0.2) is 0 Å². The summed E-state index contributed by atoms with van der Waals surface area (Å²) in [4.78, 5) is 0. The number of rotatable bonds is 18. The highest BCUT2D eigenvalue weighted by Crippen LogP contribution is 2.30. The predicted molar refractivity (Wildman–Crippen MR) is 101 cm³/mol. The van der Waals surface area contributed by atoms with Gasteiger partial charge in [0.2, 0.25) is 0 Å². The second-order valence-electron chi connectivity index (χ2n) is 7.37. The van der Waals surface area contributed by atoms with Gasteiger partial charge in [0.1, 0.15) is 6.67 Å². The zero-order chi connectivity index (χ0) is 19.7. The number of ether oxygens (including phenoxy) is 1. The van der Waals surface area contributed by atoms with Crippen molar-refractivity contribution in [3.8, 4) is 0 Å². The van der Waals surface area contributed by atoms with Crippen LogP contribution in [0.1, 0.15) is 104 Å². The summed E-state index contributed by atoms with van der Waals surface area (Å²) >= 11 is 0. The Bertz CT molecular complexity index is 294. The molecule has 0 aliphatic heterocycles. The molecule has 158 valence electrons. The van der Waals surface area contributed by atoms with Crippen molar-refractivity contribution >= 4 is 0 Å². The summed E-state index contributed by atoms with van der Waals surface area (Å²) in [5.74, 6) is -1.78. The Kier molecular flexibility index (Phi) is 16.6. The number of unbranched alkanes of at least 4 members (excludes halogenated alkanes) is 9. The smallest absolute Gasteiger partial charge is 0.379 e. The lowest BCUT2D eigenvalue weighted by Crippen LogP contribution is -2.24. The summed E-state index contributed by atoms with van der Waals surface area (Å²) in [6, 6.07) is 0. The van der Waals surface area contributed by atoms with E-state index in [9.17, 15) is 17.6 Å². The normalized spacial score (nSPS) is 14.5. The lowest BCUT2D eigenvalue weighted by Gasteiger charge is -2.18. The Labute approximate surface area is 158 Å². The van der Waals surface area contributed by atoms with E-state index < -0.39 is 18.8 Å². The van der Waals surface area contributed by atoms with Crippen LogP contribution < -0.4 is 0 Å². The average molecular weight is 385 g/mol. The molecular weight excluding hydrogens is 344 g/mol.